The van der Waals surface area contributed by atoms with Gasteiger partial charge in [0.15, 0.2) is 6.61 Å². The lowest BCUT2D eigenvalue weighted by Gasteiger charge is -2.10. The Balaban J connectivity index is 1.95. The van der Waals surface area contributed by atoms with Crippen molar-refractivity contribution >= 4 is 17.6 Å². The quantitative estimate of drug-likeness (QED) is 0.843. The van der Waals surface area contributed by atoms with E-state index in [0.717, 1.165) is 23.3 Å². The first-order chi connectivity index (χ1) is 11.7. The zero-order valence-corrected chi connectivity index (χ0v) is 13.6. The van der Waals surface area contributed by atoms with Gasteiger partial charge in [-0.2, -0.15) is 13.2 Å². The van der Waals surface area contributed by atoms with Gasteiger partial charge in [0.05, 0.1) is 11.1 Å². The molecule has 0 saturated heterocycles. The monoisotopic (exact) mass is 351 g/mol. The number of alkyl halides is 3. The predicted octanol–water partition coefficient (Wildman–Crippen LogP) is 4.12. The first kappa shape index (κ1) is 18.5. The molecule has 0 unspecified atom stereocenters. The Kier molecular flexibility index (Phi) is 5.46. The van der Waals surface area contributed by atoms with Gasteiger partial charge < -0.3 is 10.1 Å². The Morgan fingerprint density at radius 2 is 1.76 bits per heavy atom. The maximum Gasteiger partial charge on any atom is 0.416 e. The van der Waals surface area contributed by atoms with Crippen LogP contribution in [0.15, 0.2) is 42.5 Å². The smallest absolute Gasteiger partial charge is 0.416 e. The van der Waals surface area contributed by atoms with Gasteiger partial charge in [0, 0.05) is 5.69 Å². The second-order valence-corrected chi connectivity index (χ2v) is 5.50. The van der Waals surface area contributed by atoms with Gasteiger partial charge in [-0.25, -0.2) is 4.79 Å². The molecular weight excluding hydrogens is 335 g/mol. The number of hydrogen-bond acceptors (Lipinski definition) is 3. The summed E-state index contributed by atoms with van der Waals surface area (Å²) >= 11 is 0. The van der Waals surface area contributed by atoms with Crippen molar-refractivity contribution in [3.8, 4) is 0 Å². The Morgan fingerprint density at radius 1 is 1.04 bits per heavy atom. The molecule has 0 saturated carbocycles. The van der Waals surface area contributed by atoms with Gasteiger partial charge in [-0.05, 0) is 55.3 Å². The van der Waals surface area contributed by atoms with Gasteiger partial charge in [0.25, 0.3) is 5.91 Å². The number of hydrogen-bond donors (Lipinski definition) is 1. The third-order valence-electron chi connectivity index (χ3n) is 3.55. The normalized spacial score (nSPS) is 11.1. The van der Waals surface area contributed by atoms with Crippen molar-refractivity contribution in [3.63, 3.8) is 0 Å². The molecule has 0 fully saturated rings. The van der Waals surface area contributed by atoms with Crippen LogP contribution in [0.3, 0.4) is 0 Å². The van der Waals surface area contributed by atoms with Crippen LogP contribution in [0.5, 0.6) is 0 Å². The van der Waals surface area contributed by atoms with Crippen LogP contribution in [0.2, 0.25) is 0 Å². The van der Waals surface area contributed by atoms with E-state index in [0.29, 0.717) is 11.8 Å². The summed E-state index contributed by atoms with van der Waals surface area (Å²) in [6, 6.07) is 9.14. The molecule has 2 aromatic carbocycles. The van der Waals surface area contributed by atoms with Gasteiger partial charge in [0.1, 0.15) is 0 Å². The van der Waals surface area contributed by atoms with Crippen LogP contribution in [0.1, 0.15) is 27.0 Å². The van der Waals surface area contributed by atoms with Gasteiger partial charge in [-0.3, -0.25) is 4.79 Å². The molecule has 1 amide bonds. The van der Waals surface area contributed by atoms with Crippen LogP contribution in [-0.4, -0.2) is 18.5 Å². The van der Waals surface area contributed by atoms with E-state index in [1.807, 2.05) is 19.9 Å². The van der Waals surface area contributed by atoms with E-state index in [-0.39, 0.29) is 5.56 Å². The lowest BCUT2D eigenvalue weighted by Crippen LogP contribution is -2.21. The van der Waals surface area contributed by atoms with Gasteiger partial charge in [-0.15, -0.1) is 0 Å². The second-order valence-electron chi connectivity index (χ2n) is 5.50. The number of amides is 1. The molecule has 0 aliphatic heterocycles. The molecule has 0 aliphatic carbocycles. The second kappa shape index (κ2) is 7.38. The first-order valence-corrected chi connectivity index (χ1v) is 7.38. The topological polar surface area (TPSA) is 55.4 Å². The van der Waals surface area contributed by atoms with Crippen molar-refractivity contribution in [1.82, 2.24) is 0 Å². The van der Waals surface area contributed by atoms with Crippen molar-refractivity contribution in [3.05, 3.63) is 64.7 Å². The molecule has 4 nitrogen and oxygen atoms in total. The van der Waals surface area contributed by atoms with E-state index in [1.54, 1.807) is 12.1 Å². The van der Waals surface area contributed by atoms with Crippen LogP contribution >= 0.6 is 0 Å². The highest BCUT2D eigenvalue weighted by atomic mass is 19.4. The average Bonchev–Trinajstić information content (AvgIpc) is 2.55. The summed E-state index contributed by atoms with van der Waals surface area (Å²) in [4.78, 5) is 23.6. The Hall–Kier alpha value is -2.83. The molecule has 132 valence electrons. The van der Waals surface area contributed by atoms with E-state index >= 15 is 0 Å². The molecule has 0 radical (unpaired) electrons. The molecule has 2 aromatic rings. The molecule has 0 heterocycles. The van der Waals surface area contributed by atoms with Gasteiger partial charge in [0.2, 0.25) is 0 Å². The number of anilines is 1. The summed E-state index contributed by atoms with van der Waals surface area (Å²) in [5.41, 5.74) is 1.37. The highest BCUT2D eigenvalue weighted by Crippen LogP contribution is 2.29. The fourth-order valence-electron chi connectivity index (χ4n) is 2.05. The number of esters is 1. The summed E-state index contributed by atoms with van der Waals surface area (Å²) < 4.78 is 42.7. The molecule has 0 aromatic heterocycles. The SMILES string of the molecule is Cc1ccc(NC(=O)COC(=O)c2cccc(C(F)(F)F)c2)cc1C. The van der Waals surface area contributed by atoms with Gasteiger partial charge in [-0.1, -0.05) is 12.1 Å². The lowest BCUT2D eigenvalue weighted by molar-refractivity contribution is -0.137. The highest BCUT2D eigenvalue weighted by Gasteiger charge is 2.31. The average molecular weight is 351 g/mol. The summed E-state index contributed by atoms with van der Waals surface area (Å²) in [5, 5.41) is 2.56. The number of carbonyl (C=O) groups is 2. The summed E-state index contributed by atoms with van der Waals surface area (Å²) in [5.74, 6) is -1.58. The van der Waals surface area contributed by atoms with Crippen molar-refractivity contribution in [1.29, 1.82) is 0 Å². The third kappa shape index (κ3) is 5.07. The van der Waals surface area contributed by atoms with Crippen molar-refractivity contribution in [2.75, 3.05) is 11.9 Å². The molecule has 1 N–H and O–H groups in total. The first-order valence-electron chi connectivity index (χ1n) is 7.38. The Labute approximate surface area is 142 Å². The molecular formula is C18H16F3NO3. The molecule has 0 bridgehead atoms. The molecule has 0 aliphatic rings. The minimum absolute atomic E-state index is 0.270. The van der Waals surface area contributed by atoms with Crippen molar-refractivity contribution < 1.29 is 27.5 Å². The van der Waals surface area contributed by atoms with E-state index in [9.17, 15) is 22.8 Å². The maximum atomic E-state index is 12.6. The zero-order valence-electron chi connectivity index (χ0n) is 13.6. The minimum Gasteiger partial charge on any atom is -0.452 e. The van der Waals surface area contributed by atoms with E-state index in [4.69, 9.17) is 4.74 Å². The lowest BCUT2D eigenvalue weighted by atomic mass is 10.1. The number of benzene rings is 2. The summed E-state index contributed by atoms with van der Waals surface area (Å²) in [6.45, 7) is 3.22. The molecule has 2 rings (SSSR count). The van der Waals surface area contributed by atoms with Crippen LogP contribution in [0, 0.1) is 13.8 Å². The molecule has 7 heteroatoms. The third-order valence-corrected chi connectivity index (χ3v) is 3.55. The fraction of sp³-hybridized carbons (Fsp3) is 0.222. The predicted molar refractivity (Wildman–Crippen MR) is 86.3 cm³/mol. The van der Waals surface area contributed by atoms with Crippen molar-refractivity contribution in [2.24, 2.45) is 0 Å². The van der Waals surface area contributed by atoms with Crippen LogP contribution in [0.25, 0.3) is 0 Å². The van der Waals surface area contributed by atoms with E-state index in [1.165, 1.54) is 6.07 Å². The van der Waals surface area contributed by atoms with Crippen LogP contribution in [-0.2, 0) is 15.7 Å². The number of rotatable bonds is 4. The number of halogens is 3. The minimum atomic E-state index is -4.56. The Bertz CT molecular complexity index is 800. The van der Waals surface area contributed by atoms with Crippen LogP contribution < -0.4 is 5.32 Å². The van der Waals surface area contributed by atoms with Crippen molar-refractivity contribution in [2.45, 2.75) is 20.0 Å². The Morgan fingerprint density at radius 3 is 2.40 bits per heavy atom. The standard InChI is InChI=1S/C18H16F3NO3/c1-11-6-7-15(8-12(11)2)22-16(23)10-25-17(24)13-4-3-5-14(9-13)18(19,20)21/h3-9H,10H2,1-2H3,(H,22,23). The van der Waals surface area contributed by atoms with Gasteiger partial charge >= 0.3 is 12.1 Å². The molecule has 0 atom stereocenters. The number of aryl methyl sites for hydroxylation is 2. The fourth-order valence-corrected chi connectivity index (χ4v) is 2.05. The molecule has 25 heavy (non-hydrogen) atoms. The largest absolute Gasteiger partial charge is 0.452 e. The van der Waals surface area contributed by atoms with E-state index < -0.39 is 30.2 Å². The van der Waals surface area contributed by atoms with Crippen LogP contribution in [0.4, 0.5) is 18.9 Å². The number of carbonyl (C=O) groups excluding carboxylic acids is 2. The van der Waals surface area contributed by atoms with E-state index in [2.05, 4.69) is 5.32 Å². The maximum absolute atomic E-state index is 12.6. The number of ether oxygens (including phenoxy) is 1. The summed E-state index contributed by atoms with van der Waals surface area (Å²) in [7, 11) is 0. The number of nitrogens with one attached hydrogen (secondary N) is 1. The summed E-state index contributed by atoms with van der Waals surface area (Å²) in [6.07, 6.45) is -4.56. The zero-order chi connectivity index (χ0) is 18.6. The highest BCUT2D eigenvalue weighted by molar-refractivity contribution is 5.95. The molecule has 0 spiro atoms.